The number of amides is 2. The molecule has 2 saturated carbocycles. The summed E-state index contributed by atoms with van der Waals surface area (Å²) in [6.45, 7) is 2.97. The topological polar surface area (TPSA) is 102 Å². The zero-order valence-corrected chi connectivity index (χ0v) is 27.7. The molecule has 0 atom stereocenters. The molecule has 4 aromatic rings. The first-order valence-corrected chi connectivity index (χ1v) is 17.6. The second kappa shape index (κ2) is 13.8. The summed E-state index contributed by atoms with van der Waals surface area (Å²) >= 11 is 0. The number of pyridine rings is 1. The molecule has 7 rings (SSSR count). The van der Waals surface area contributed by atoms with Gasteiger partial charge in [-0.05, 0) is 105 Å². The number of aromatic nitrogens is 2. The zero-order chi connectivity index (χ0) is 33.1. The van der Waals surface area contributed by atoms with Crippen molar-refractivity contribution in [3.05, 3.63) is 89.3 Å². The normalized spacial score (nSPS) is 17.4. The van der Waals surface area contributed by atoms with Gasteiger partial charge >= 0.3 is 5.97 Å². The van der Waals surface area contributed by atoms with Crippen LogP contribution < -0.4 is 10.6 Å². The first-order valence-electron chi connectivity index (χ1n) is 17.6. The van der Waals surface area contributed by atoms with Gasteiger partial charge < -0.3 is 19.9 Å². The van der Waals surface area contributed by atoms with Crippen LogP contribution in [0.2, 0.25) is 0 Å². The predicted molar refractivity (Wildman–Crippen MR) is 189 cm³/mol. The summed E-state index contributed by atoms with van der Waals surface area (Å²) in [5, 5.41) is 7.47. The molecule has 2 fully saturated rings. The van der Waals surface area contributed by atoms with E-state index in [-0.39, 0.29) is 11.8 Å². The van der Waals surface area contributed by atoms with Gasteiger partial charge in [-0.2, -0.15) is 0 Å². The van der Waals surface area contributed by atoms with Crippen LogP contribution in [0.1, 0.15) is 104 Å². The summed E-state index contributed by atoms with van der Waals surface area (Å²) in [6, 6.07) is 17.7. The lowest BCUT2D eigenvalue weighted by Crippen LogP contribution is -2.55. The number of nitrogens with zero attached hydrogens (tertiary/aromatic N) is 2. The molecule has 8 nitrogen and oxygen atoms in total. The minimum Gasteiger partial charge on any atom is -0.463 e. The summed E-state index contributed by atoms with van der Waals surface area (Å²) < 4.78 is 7.38. The number of hydrogen-bond donors (Lipinski definition) is 2. The van der Waals surface area contributed by atoms with Gasteiger partial charge in [0, 0.05) is 52.2 Å². The second-order valence-corrected chi connectivity index (χ2v) is 13.5. The van der Waals surface area contributed by atoms with Crippen molar-refractivity contribution in [2.75, 3.05) is 11.9 Å². The Kier molecular flexibility index (Phi) is 9.15. The lowest BCUT2D eigenvalue weighted by molar-refractivity contribution is -0.137. The van der Waals surface area contributed by atoms with Crippen molar-refractivity contribution in [3.8, 4) is 11.3 Å². The van der Waals surface area contributed by atoms with Gasteiger partial charge in [0.2, 0.25) is 5.91 Å². The molecule has 48 heavy (non-hydrogen) atoms. The average molecular weight is 645 g/mol. The number of hydrogen-bond acceptors (Lipinski definition) is 5. The number of fused-ring (bicyclic) bond motifs is 5. The van der Waals surface area contributed by atoms with E-state index in [1.807, 2.05) is 36.5 Å². The molecule has 248 valence electrons. The molecule has 0 radical (unpaired) electrons. The number of anilines is 1. The van der Waals surface area contributed by atoms with Gasteiger partial charge in [-0.3, -0.25) is 14.6 Å². The fourth-order valence-electron chi connectivity index (χ4n) is 8.06. The van der Waals surface area contributed by atoms with Gasteiger partial charge in [-0.1, -0.05) is 50.3 Å². The van der Waals surface area contributed by atoms with Crippen molar-refractivity contribution >= 4 is 40.4 Å². The molecule has 0 bridgehead atoms. The average Bonchev–Trinajstić information content (AvgIpc) is 3.66. The quantitative estimate of drug-likeness (QED) is 0.150. The number of rotatable bonds is 8. The van der Waals surface area contributed by atoms with Crippen LogP contribution in [0.4, 0.5) is 5.69 Å². The summed E-state index contributed by atoms with van der Waals surface area (Å²) in [7, 11) is 0. The third kappa shape index (κ3) is 6.28. The number of esters is 1. The van der Waals surface area contributed by atoms with E-state index in [4.69, 9.17) is 9.72 Å². The SMILES string of the molecule is CCOC(=O)C=Cc1ccc(NC(=O)C2(NC(=O)c3ccc4c(C5CCCCC5)c5n(c4c3)CCCc3ncccc3-5)CCCC2)cc1. The molecule has 3 heterocycles. The van der Waals surface area contributed by atoms with Crippen LogP contribution in [0.15, 0.2) is 66.9 Å². The third-order valence-corrected chi connectivity index (χ3v) is 10.4. The number of nitrogens with one attached hydrogen (secondary N) is 2. The number of ether oxygens (including phenoxy) is 1. The summed E-state index contributed by atoms with van der Waals surface area (Å²) in [6.07, 6.45) is 16.0. The number of carbonyl (C=O) groups excluding carboxylic acids is 3. The number of benzene rings is 2. The molecule has 2 N–H and O–H groups in total. The molecule has 0 saturated heterocycles. The van der Waals surface area contributed by atoms with Crippen LogP contribution >= 0.6 is 0 Å². The lowest BCUT2D eigenvalue weighted by atomic mass is 9.81. The third-order valence-electron chi connectivity index (χ3n) is 10.4. The maximum Gasteiger partial charge on any atom is 0.330 e. The first kappa shape index (κ1) is 31.9. The van der Waals surface area contributed by atoms with Crippen molar-refractivity contribution in [1.29, 1.82) is 0 Å². The highest BCUT2D eigenvalue weighted by Gasteiger charge is 2.43. The summed E-state index contributed by atoms with van der Waals surface area (Å²) in [5.74, 6) is -0.327. The van der Waals surface area contributed by atoms with E-state index in [0.717, 1.165) is 49.0 Å². The van der Waals surface area contributed by atoms with Crippen LogP contribution in [0.25, 0.3) is 28.2 Å². The van der Waals surface area contributed by atoms with E-state index >= 15 is 0 Å². The first-order chi connectivity index (χ1) is 23.5. The van der Waals surface area contributed by atoms with Crippen molar-refractivity contribution in [2.45, 2.75) is 95.6 Å². The lowest BCUT2D eigenvalue weighted by Gasteiger charge is -2.29. The van der Waals surface area contributed by atoms with Crippen LogP contribution in [-0.4, -0.2) is 39.5 Å². The van der Waals surface area contributed by atoms with Crippen LogP contribution in [0, 0.1) is 0 Å². The Labute approximate surface area is 282 Å². The van der Waals surface area contributed by atoms with Crippen LogP contribution in [-0.2, 0) is 27.3 Å². The Morgan fingerprint density at radius 1 is 0.979 bits per heavy atom. The van der Waals surface area contributed by atoms with Crippen molar-refractivity contribution in [2.24, 2.45) is 0 Å². The molecule has 2 aliphatic carbocycles. The molecule has 8 heteroatoms. The van der Waals surface area contributed by atoms with E-state index in [2.05, 4.69) is 27.3 Å². The molecule has 0 unspecified atom stereocenters. The van der Waals surface area contributed by atoms with Gasteiger partial charge in [-0.25, -0.2) is 4.79 Å². The van der Waals surface area contributed by atoms with E-state index in [9.17, 15) is 14.4 Å². The van der Waals surface area contributed by atoms with Gasteiger partial charge in [0.15, 0.2) is 0 Å². The maximum atomic E-state index is 14.0. The van der Waals surface area contributed by atoms with Gasteiger partial charge in [0.05, 0.1) is 12.3 Å². The Hall–Kier alpha value is -4.72. The molecule has 2 aromatic carbocycles. The zero-order valence-electron chi connectivity index (χ0n) is 27.7. The van der Waals surface area contributed by atoms with E-state index in [0.29, 0.717) is 36.6 Å². The maximum absolute atomic E-state index is 14.0. The Morgan fingerprint density at radius 2 is 1.77 bits per heavy atom. The molecular weight excluding hydrogens is 600 g/mol. The molecular formula is C40H44N4O4. The monoisotopic (exact) mass is 644 g/mol. The highest BCUT2D eigenvalue weighted by Crippen LogP contribution is 2.46. The highest BCUT2D eigenvalue weighted by atomic mass is 16.5. The van der Waals surface area contributed by atoms with Gasteiger partial charge in [0.25, 0.3) is 5.91 Å². The van der Waals surface area contributed by atoms with E-state index in [1.165, 1.54) is 60.4 Å². The Morgan fingerprint density at radius 3 is 2.54 bits per heavy atom. The van der Waals surface area contributed by atoms with Crippen molar-refractivity contribution in [3.63, 3.8) is 0 Å². The van der Waals surface area contributed by atoms with Crippen LogP contribution in [0.5, 0.6) is 0 Å². The summed E-state index contributed by atoms with van der Waals surface area (Å²) in [4.78, 5) is 44.2. The van der Waals surface area contributed by atoms with E-state index in [1.54, 1.807) is 25.1 Å². The smallest absolute Gasteiger partial charge is 0.330 e. The molecule has 1 aliphatic heterocycles. The van der Waals surface area contributed by atoms with Gasteiger partial charge in [-0.15, -0.1) is 0 Å². The van der Waals surface area contributed by atoms with E-state index < -0.39 is 11.5 Å². The molecule has 2 aromatic heterocycles. The molecule has 3 aliphatic rings. The fourth-order valence-corrected chi connectivity index (χ4v) is 8.06. The fraction of sp³-hybridized carbons (Fsp3) is 0.400. The predicted octanol–water partition coefficient (Wildman–Crippen LogP) is 7.95. The van der Waals surface area contributed by atoms with Gasteiger partial charge in [0.1, 0.15) is 5.54 Å². The summed E-state index contributed by atoms with van der Waals surface area (Å²) in [5.41, 5.74) is 7.22. The Balaban J connectivity index is 1.16. The standard InChI is InChI=1S/C40H44N4O4/c1-2-48-35(45)21-16-27-14-18-30(19-15-27)42-39(47)40(22-6-7-23-40)43-38(46)29-17-20-32-34(26-29)44-25-9-13-33-31(12-8-24-41-33)37(44)36(32)28-10-4-3-5-11-28/h8,12,14-21,24,26,28H,2-7,9-11,13,22-23,25H2,1H3,(H,42,47)(H,43,46). The largest absolute Gasteiger partial charge is 0.463 e. The minimum atomic E-state index is -0.984. The highest BCUT2D eigenvalue weighted by molar-refractivity contribution is 6.06. The molecule has 0 spiro atoms. The van der Waals surface area contributed by atoms with Crippen molar-refractivity contribution < 1.29 is 19.1 Å². The minimum absolute atomic E-state index is 0.204. The second-order valence-electron chi connectivity index (χ2n) is 13.5. The molecule has 2 amide bonds. The number of aryl methyl sites for hydroxylation is 2. The Bertz CT molecular complexity index is 1860. The number of carbonyl (C=O) groups is 3. The van der Waals surface area contributed by atoms with Crippen LogP contribution in [0.3, 0.4) is 0 Å². The van der Waals surface area contributed by atoms with Crippen molar-refractivity contribution in [1.82, 2.24) is 14.9 Å².